The lowest BCUT2D eigenvalue weighted by molar-refractivity contribution is -0.0400. The Hall–Kier alpha value is -2.98. The van der Waals surface area contributed by atoms with Crippen LogP contribution in [0.5, 0.6) is 0 Å². The number of hydrogen-bond donors (Lipinski definition) is 1. The molecule has 0 bridgehead atoms. The summed E-state index contributed by atoms with van der Waals surface area (Å²) >= 11 is 0. The monoisotopic (exact) mass is 487 g/mol. The molecule has 0 radical (unpaired) electrons. The van der Waals surface area contributed by atoms with Crippen molar-refractivity contribution in [2.45, 2.75) is 90.6 Å². The van der Waals surface area contributed by atoms with E-state index in [0.29, 0.717) is 4.90 Å². The first-order chi connectivity index (χ1) is 15.4. The fraction of sp³-hybridized carbons (Fsp3) is 0.609. The number of ether oxygens (including phenoxy) is 3. The van der Waals surface area contributed by atoms with Gasteiger partial charge in [0.05, 0.1) is 0 Å². The Morgan fingerprint density at radius 3 is 2.09 bits per heavy atom. The van der Waals surface area contributed by atoms with Crippen molar-refractivity contribution in [3.05, 3.63) is 29.6 Å². The second-order valence-corrected chi connectivity index (χ2v) is 10.2. The molecule has 0 fully saturated rings. The number of nitrogens with zero attached hydrogens (tertiary/aromatic N) is 2. The molecule has 0 saturated carbocycles. The molecule has 0 unspecified atom stereocenters. The summed E-state index contributed by atoms with van der Waals surface area (Å²) in [5.74, 6) is -0.865. The molecule has 1 aromatic carbocycles. The van der Waals surface area contributed by atoms with E-state index in [9.17, 15) is 18.4 Å². The summed E-state index contributed by atoms with van der Waals surface area (Å²) < 4.78 is 60.7. The maximum atomic E-state index is 15.6. The van der Waals surface area contributed by atoms with Gasteiger partial charge in [0.25, 0.3) is 0 Å². The van der Waals surface area contributed by atoms with E-state index in [1.807, 2.05) is 0 Å². The third kappa shape index (κ3) is 6.12. The average Bonchev–Trinajstić information content (AvgIpc) is 2.63. The highest BCUT2D eigenvalue weighted by atomic mass is 19.1. The van der Waals surface area contributed by atoms with Gasteiger partial charge in [0.15, 0.2) is 12.3 Å². The number of benzene rings is 1. The fourth-order valence-electron chi connectivity index (χ4n) is 3.20. The lowest BCUT2D eigenvalue weighted by Crippen LogP contribution is -2.57. The number of carbonyl (C=O) groups excluding carboxylic acids is 2. The quantitative estimate of drug-likeness (QED) is 0.572. The number of halogens is 3. The zero-order valence-corrected chi connectivity index (χ0v) is 20.6. The number of anilines is 1. The first kappa shape index (κ1) is 27.3. The van der Waals surface area contributed by atoms with Crippen LogP contribution >= 0.6 is 0 Å². The van der Waals surface area contributed by atoms with Crippen molar-refractivity contribution in [3.63, 3.8) is 0 Å². The summed E-state index contributed by atoms with van der Waals surface area (Å²) in [5.41, 5.74) is 1.35. The standard InChI is InChI=1S/C23H32F3N3O5/c1-12(24)16-17(26)23(8,14-11-13(27)9-10-15(14)25)28-18(32-16)29(19(30)33-21(2,3)4)20(31)34-22(5,6)7/h9-12,16-17H,27H2,1-8H3/t12-,16-,17+,23-/m1/s1. The van der Waals surface area contributed by atoms with Crippen molar-refractivity contribution in [2.75, 3.05) is 5.73 Å². The highest BCUT2D eigenvalue weighted by Gasteiger charge is 2.53. The molecule has 4 atom stereocenters. The first-order valence-corrected chi connectivity index (χ1v) is 10.7. The maximum absolute atomic E-state index is 15.6. The molecule has 34 heavy (non-hydrogen) atoms. The van der Waals surface area contributed by atoms with Gasteiger partial charge in [-0.2, -0.15) is 0 Å². The van der Waals surface area contributed by atoms with Crippen molar-refractivity contribution < 1.29 is 37.0 Å². The van der Waals surface area contributed by atoms with Crippen LogP contribution < -0.4 is 5.73 Å². The molecule has 1 aliphatic rings. The third-order valence-corrected chi connectivity index (χ3v) is 4.73. The maximum Gasteiger partial charge on any atom is 0.428 e. The number of nitrogen functional groups attached to an aromatic ring is 1. The molecule has 1 aromatic rings. The molecule has 1 heterocycles. The second kappa shape index (κ2) is 9.34. The van der Waals surface area contributed by atoms with E-state index in [-0.39, 0.29) is 11.3 Å². The smallest absolute Gasteiger partial charge is 0.428 e. The van der Waals surface area contributed by atoms with Gasteiger partial charge in [0.1, 0.15) is 28.7 Å². The summed E-state index contributed by atoms with van der Waals surface area (Å²) in [7, 11) is 0. The number of imide groups is 1. The van der Waals surface area contributed by atoms with Gasteiger partial charge < -0.3 is 19.9 Å². The molecule has 0 spiro atoms. The van der Waals surface area contributed by atoms with Crippen LogP contribution in [0.1, 0.15) is 61.0 Å². The first-order valence-electron chi connectivity index (χ1n) is 10.7. The number of amides is 2. The number of aliphatic imine (C=N–C) groups is 1. The number of carbonyl (C=O) groups is 2. The average molecular weight is 488 g/mol. The lowest BCUT2D eigenvalue weighted by Gasteiger charge is -2.41. The predicted octanol–water partition coefficient (Wildman–Crippen LogP) is 5.25. The summed E-state index contributed by atoms with van der Waals surface area (Å²) in [6.07, 6.45) is -8.47. The van der Waals surface area contributed by atoms with Gasteiger partial charge in [-0.1, -0.05) is 0 Å². The van der Waals surface area contributed by atoms with Crippen molar-refractivity contribution in [3.8, 4) is 0 Å². The Labute approximate surface area is 197 Å². The third-order valence-electron chi connectivity index (χ3n) is 4.73. The van der Waals surface area contributed by atoms with Gasteiger partial charge >= 0.3 is 18.2 Å². The molecule has 0 aliphatic carbocycles. The highest BCUT2D eigenvalue weighted by Crippen LogP contribution is 2.41. The zero-order chi connectivity index (χ0) is 26.2. The van der Waals surface area contributed by atoms with E-state index in [0.717, 1.165) is 19.1 Å². The van der Waals surface area contributed by atoms with Crippen LogP contribution in [0.3, 0.4) is 0 Å². The topological polar surface area (TPSA) is 103 Å². The summed E-state index contributed by atoms with van der Waals surface area (Å²) in [6.45, 7) is 11.5. The van der Waals surface area contributed by atoms with Crippen molar-refractivity contribution in [1.29, 1.82) is 0 Å². The predicted molar refractivity (Wildman–Crippen MR) is 120 cm³/mol. The summed E-state index contributed by atoms with van der Waals surface area (Å²) in [5, 5.41) is 0. The highest BCUT2D eigenvalue weighted by molar-refractivity contribution is 6.06. The largest absolute Gasteiger partial charge is 0.455 e. The van der Waals surface area contributed by atoms with Crippen LogP contribution in [0, 0.1) is 5.82 Å². The van der Waals surface area contributed by atoms with E-state index in [2.05, 4.69) is 4.99 Å². The van der Waals surface area contributed by atoms with Crippen LogP contribution in [-0.2, 0) is 19.7 Å². The van der Waals surface area contributed by atoms with E-state index in [1.54, 1.807) is 41.5 Å². The SMILES string of the molecule is C[C@@H](F)[C@H]1OC(N(C(=O)OC(C)(C)C)C(=O)OC(C)(C)C)=N[C@](C)(c2cc(N)ccc2F)[C@H]1F. The minimum atomic E-state index is -2.20. The van der Waals surface area contributed by atoms with Crippen LogP contribution in [0.2, 0.25) is 0 Å². The molecule has 8 nitrogen and oxygen atoms in total. The van der Waals surface area contributed by atoms with E-state index in [4.69, 9.17) is 19.9 Å². The van der Waals surface area contributed by atoms with Gasteiger partial charge in [-0.25, -0.2) is 27.8 Å². The van der Waals surface area contributed by atoms with Crippen molar-refractivity contribution >= 4 is 23.9 Å². The van der Waals surface area contributed by atoms with Crippen molar-refractivity contribution in [2.24, 2.45) is 4.99 Å². The molecular weight excluding hydrogens is 455 g/mol. The number of alkyl halides is 2. The Balaban J connectivity index is 2.73. The molecular formula is C23H32F3N3O5. The molecule has 2 N–H and O–H groups in total. The zero-order valence-electron chi connectivity index (χ0n) is 20.6. The fourth-order valence-corrected chi connectivity index (χ4v) is 3.20. The molecule has 0 aromatic heterocycles. The molecule has 1 aliphatic heterocycles. The summed E-state index contributed by atoms with van der Waals surface area (Å²) in [6, 6.07) is 2.64. The second-order valence-electron chi connectivity index (χ2n) is 10.2. The van der Waals surface area contributed by atoms with Crippen molar-refractivity contribution in [1.82, 2.24) is 4.90 Å². The van der Waals surface area contributed by atoms with Crippen LogP contribution in [0.15, 0.2) is 23.2 Å². The van der Waals surface area contributed by atoms with E-state index in [1.165, 1.54) is 13.0 Å². The minimum absolute atomic E-state index is 0.106. The van der Waals surface area contributed by atoms with Crippen LogP contribution in [0.4, 0.5) is 28.4 Å². The minimum Gasteiger partial charge on any atom is -0.455 e. The molecule has 0 saturated heterocycles. The molecule has 2 rings (SSSR count). The van der Waals surface area contributed by atoms with E-state index >= 15 is 4.39 Å². The molecule has 190 valence electrons. The summed E-state index contributed by atoms with van der Waals surface area (Å²) in [4.78, 5) is 30.3. The number of rotatable bonds is 2. The number of amidine groups is 1. The van der Waals surface area contributed by atoms with Crippen LogP contribution in [-0.4, -0.2) is 52.8 Å². The van der Waals surface area contributed by atoms with E-state index < -0.39 is 59.2 Å². The van der Waals surface area contributed by atoms with Gasteiger partial charge in [-0.3, -0.25) is 0 Å². The van der Waals surface area contributed by atoms with Gasteiger partial charge in [-0.15, -0.1) is 4.90 Å². The Bertz CT molecular complexity index is 944. The van der Waals surface area contributed by atoms with Crippen LogP contribution in [0.25, 0.3) is 0 Å². The normalized spacial score (nSPS) is 23.9. The molecule has 2 amide bonds. The Morgan fingerprint density at radius 1 is 1.15 bits per heavy atom. The van der Waals surface area contributed by atoms with Gasteiger partial charge in [-0.05, 0) is 73.6 Å². The Kier molecular flexibility index (Phi) is 7.49. The van der Waals surface area contributed by atoms with Gasteiger partial charge in [0, 0.05) is 11.3 Å². The lowest BCUT2D eigenvalue weighted by atomic mass is 9.83. The number of nitrogens with two attached hydrogens (primary N) is 1. The Morgan fingerprint density at radius 2 is 1.65 bits per heavy atom. The number of hydrogen-bond acceptors (Lipinski definition) is 7. The molecule has 11 heteroatoms. The van der Waals surface area contributed by atoms with Gasteiger partial charge in [0.2, 0.25) is 0 Å².